The first kappa shape index (κ1) is 22.6. The number of aromatic nitrogens is 5. The number of primary sulfonamides is 1. The molecule has 2 aromatic heterocycles. The number of benzene rings is 1. The number of hydrogen-bond acceptors (Lipinski definition) is 8. The van der Waals surface area contributed by atoms with Crippen molar-refractivity contribution in [3.63, 3.8) is 0 Å². The molecule has 0 spiro atoms. The Labute approximate surface area is 174 Å². The number of halogens is 3. The van der Waals surface area contributed by atoms with Crippen molar-refractivity contribution in [3.8, 4) is 17.3 Å². The van der Waals surface area contributed by atoms with E-state index in [-0.39, 0.29) is 35.1 Å². The second-order valence-corrected chi connectivity index (χ2v) is 8.38. The van der Waals surface area contributed by atoms with E-state index in [1.165, 1.54) is 25.1 Å². The molecule has 31 heavy (non-hydrogen) atoms. The van der Waals surface area contributed by atoms with Crippen LogP contribution in [0, 0.1) is 5.82 Å². The van der Waals surface area contributed by atoms with Gasteiger partial charge < -0.3 is 9.84 Å². The molecule has 1 unspecified atom stereocenters. The average molecular weight is 458 g/mol. The molecule has 1 aromatic carbocycles. The number of tetrazole rings is 1. The first-order valence-electron chi connectivity index (χ1n) is 8.65. The van der Waals surface area contributed by atoms with E-state index in [4.69, 9.17) is 5.14 Å². The van der Waals surface area contributed by atoms with Gasteiger partial charge in [-0.25, -0.2) is 22.9 Å². The third-order valence-corrected chi connectivity index (χ3v) is 4.98. The van der Waals surface area contributed by atoms with Gasteiger partial charge in [0, 0.05) is 5.56 Å². The summed E-state index contributed by atoms with van der Waals surface area (Å²) in [4.78, 5) is 5.17. The fourth-order valence-corrected chi connectivity index (χ4v) is 3.67. The van der Waals surface area contributed by atoms with Gasteiger partial charge in [0.2, 0.25) is 15.8 Å². The average Bonchev–Trinajstić information content (AvgIpc) is 3.11. The van der Waals surface area contributed by atoms with E-state index in [0.29, 0.717) is 0 Å². The minimum Gasteiger partial charge on any atom is -0.435 e. The van der Waals surface area contributed by atoms with Crippen LogP contribution in [0.25, 0.3) is 11.5 Å². The largest absolute Gasteiger partial charge is 0.435 e. The molecule has 10 nitrogen and oxygen atoms in total. The maximum Gasteiger partial charge on any atom is 0.387 e. The van der Waals surface area contributed by atoms with Gasteiger partial charge in [-0.1, -0.05) is 6.07 Å². The molecule has 0 bridgehead atoms. The van der Waals surface area contributed by atoms with Gasteiger partial charge in [-0.05, 0) is 42.5 Å². The van der Waals surface area contributed by atoms with Crippen LogP contribution in [0.2, 0.25) is 0 Å². The summed E-state index contributed by atoms with van der Waals surface area (Å²) >= 11 is 0. The number of nitrogens with two attached hydrogens (primary N) is 1. The van der Waals surface area contributed by atoms with Crippen LogP contribution in [0.5, 0.6) is 5.75 Å². The summed E-state index contributed by atoms with van der Waals surface area (Å²) in [5.74, 6) is -1.65. The highest BCUT2D eigenvalue weighted by atomic mass is 32.2. The van der Waals surface area contributed by atoms with Gasteiger partial charge in [-0.2, -0.15) is 13.6 Å². The molecule has 0 aliphatic rings. The summed E-state index contributed by atoms with van der Waals surface area (Å²) in [5, 5.41) is 27.1. The van der Waals surface area contributed by atoms with Gasteiger partial charge in [0.05, 0.1) is 18.0 Å². The normalized spacial score (nSPS) is 13.9. The number of hydrogen-bond donors (Lipinski definition) is 2. The summed E-state index contributed by atoms with van der Waals surface area (Å²) in [5.41, 5.74) is -1.71. The number of aliphatic hydroxyl groups is 1. The molecule has 0 saturated heterocycles. The summed E-state index contributed by atoms with van der Waals surface area (Å²) in [6.07, 6.45) is 0. The summed E-state index contributed by atoms with van der Waals surface area (Å²) in [7, 11) is -3.98. The predicted molar refractivity (Wildman–Crippen MR) is 101 cm³/mol. The lowest BCUT2D eigenvalue weighted by Crippen LogP contribution is -2.35. The van der Waals surface area contributed by atoms with Gasteiger partial charge in [-0.15, -0.1) is 10.2 Å². The van der Waals surface area contributed by atoms with Gasteiger partial charge in [0.15, 0.2) is 0 Å². The van der Waals surface area contributed by atoms with Crippen molar-refractivity contribution in [1.29, 1.82) is 0 Å². The smallest absolute Gasteiger partial charge is 0.387 e. The highest BCUT2D eigenvalue weighted by Crippen LogP contribution is 2.23. The zero-order valence-electron chi connectivity index (χ0n) is 16.0. The number of rotatable bonds is 8. The molecular formula is C17H17F3N6O4S. The topological polar surface area (TPSA) is 146 Å². The molecule has 0 radical (unpaired) electrons. The molecular weight excluding hydrogens is 441 g/mol. The van der Waals surface area contributed by atoms with E-state index in [9.17, 15) is 26.7 Å². The Morgan fingerprint density at radius 1 is 1.29 bits per heavy atom. The minimum absolute atomic E-state index is 0.00801. The third-order valence-electron chi connectivity index (χ3n) is 4.02. The van der Waals surface area contributed by atoms with Gasteiger partial charge in [-0.3, -0.25) is 0 Å². The van der Waals surface area contributed by atoms with E-state index in [1.54, 1.807) is 0 Å². The maximum atomic E-state index is 14.0. The van der Waals surface area contributed by atoms with Crippen LogP contribution in [0.15, 0.2) is 36.4 Å². The van der Waals surface area contributed by atoms with Crippen LogP contribution in [0.1, 0.15) is 18.2 Å². The minimum atomic E-state index is -3.98. The Bertz CT molecular complexity index is 1190. The molecule has 0 saturated carbocycles. The van der Waals surface area contributed by atoms with Gasteiger partial charge >= 0.3 is 6.61 Å². The van der Waals surface area contributed by atoms with E-state index in [2.05, 4.69) is 25.1 Å². The van der Waals surface area contributed by atoms with Crippen molar-refractivity contribution in [2.75, 3.05) is 5.75 Å². The summed E-state index contributed by atoms with van der Waals surface area (Å²) in [6, 6.07) is 7.53. The van der Waals surface area contributed by atoms with Crippen molar-refractivity contribution in [3.05, 3.63) is 53.5 Å². The number of nitrogens with zero attached hydrogens (tertiary/aromatic N) is 5. The standard InChI is InChI=1S/C17H17F3N6O4S/c1-17(27,9-31(21,28)29)14-4-2-3-13(22-14)15-23-25-26(24-15)8-10-7-11(30-16(19)20)5-6-12(10)18/h2-7,16,27H,8-9H2,1H3,(H2,21,28,29). The lowest BCUT2D eigenvalue weighted by atomic mass is 10.0. The molecule has 0 aliphatic carbocycles. The van der Waals surface area contributed by atoms with Crippen LogP contribution in [-0.4, -0.2) is 51.1 Å². The first-order valence-corrected chi connectivity index (χ1v) is 10.4. The second kappa shape index (κ2) is 8.56. The van der Waals surface area contributed by atoms with Crippen LogP contribution < -0.4 is 9.88 Å². The molecule has 1 atom stereocenters. The Morgan fingerprint density at radius 2 is 2.03 bits per heavy atom. The Hall–Kier alpha value is -3.10. The van der Waals surface area contributed by atoms with Crippen molar-refractivity contribution in [2.24, 2.45) is 5.14 Å². The molecule has 166 valence electrons. The Balaban J connectivity index is 1.83. The molecule has 3 rings (SSSR count). The lowest BCUT2D eigenvalue weighted by molar-refractivity contribution is -0.0499. The van der Waals surface area contributed by atoms with Gasteiger partial charge in [0.25, 0.3) is 0 Å². The van der Waals surface area contributed by atoms with E-state index < -0.39 is 33.8 Å². The summed E-state index contributed by atoms with van der Waals surface area (Å²) in [6.45, 7) is -2.05. The van der Waals surface area contributed by atoms with Crippen LogP contribution >= 0.6 is 0 Å². The zero-order chi connectivity index (χ0) is 22.8. The van der Waals surface area contributed by atoms with Crippen molar-refractivity contribution < 1.29 is 31.4 Å². The Morgan fingerprint density at radius 3 is 2.71 bits per heavy atom. The van der Waals surface area contributed by atoms with Gasteiger partial charge in [0.1, 0.15) is 22.9 Å². The second-order valence-electron chi connectivity index (χ2n) is 6.76. The number of alkyl halides is 2. The number of ether oxygens (including phenoxy) is 1. The molecule has 3 aromatic rings. The molecule has 3 N–H and O–H groups in total. The van der Waals surface area contributed by atoms with Crippen LogP contribution in [0.3, 0.4) is 0 Å². The summed E-state index contributed by atoms with van der Waals surface area (Å²) < 4.78 is 65.6. The Kier molecular flexibility index (Phi) is 6.24. The van der Waals surface area contributed by atoms with Crippen molar-refractivity contribution in [2.45, 2.75) is 25.7 Å². The highest BCUT2D eigenvalue weighted by molar-refractivity contribution is 7.89. The third kappa shape index (κ3) is 5.96. The molecule has 14 heteroatoms. The number of sulfonamides is 1. The van der Waals surface area contributed by atoms with Crippen molar-refractivity contribution >= 4 is 10.0 Å². The monoisotopic (exact) mass is 458 g/mol. The highest BCUT2D eigenvalue weighted by Gasteiger charge is 2.30. The lowest BCUT2D eigenvalue weighted by Gasteiger charge is -2.21. The van der Waals surface area contributed by atoms with E-state index >= 15 is 0 Å². The van der Waals surface area contributed by atoms with Crippen molar-refractivity contribution in [1.82, 2.24) is 25.2 Å². The molecule has 2 heterocycles. The molecule has 0 amide bonds. The zero-order valence-corrected chi connectivity index (χ0v) is 16.8. The van der Waals surface area contributed by atoms with Crippen LogP contribution in [-0.2, 0) is 22.2 Å². The fraction of sp³-hybridized carbons (Fsp3) is 0.294. The fourth-order valence-electron chi connectivity index (χ4n) is 2.74. The SMILES string of the molecule is CC(O)(CS(N)(=O)=O)c1cccc(-c2nnn(Cc3cc(OC(F)F)ccc3F)n2)n1. The number of pyridine rings is 1. The quantitative estimate of drug-likeness (QED) is 0.509. The first-order chi connectivity index (χ1) is 14.4. The maximum absolute atomic E-state index is 14.0. The van der Waals surface area contributed by atoms with E-state index in [0.717, 1.165) is 23.0 Å². The van der Waals surface area contributed by atoms with E-state index in [1.807, 2.05) is 0 Å². The molecule has 0 aliphatic heterocycles. The van der Waals surface area contributed by atoms with Crippen LogP contribution in [0.4, 0.5) is 13.2 Å². The molecule has 0 fully saturated rings. The predicted octanol–water partition coefficient (Wildman–Crippen LogP) is 1.02.